The van der Waals surface area contributed by atoms with E-state index in [1.54, 1.807) is 17.0 Å². The summed E-state index contributed by atoms with van der Waals surface area (Å²) >= 11 is 0. The van der Waals surface area contributed by atoms with Gasteiger partial charge in [0.05, 0.1) is 6.04 Å². The molecule has 0 spiro atoms. The van der Waals surface area contributed by atoms with E-state index >= 15 is 0 Å². The fraction of sp³-hybridized carbons (Fsp3) is 0.448. The Morgan fingerprint density at radius 1 is 0.923 bits per heavy atom. The molecule has 0 aromatic heterocycles. The lowest BCUT2D eigenvalue weighted by molar-refractivity contribution is -0.142. The quantitative estimate of drug-likeness (QED) is 0.291. The third-order valence-electron chi connectivity index (χ3n) is 7.31. The normalized spacial score (nSPS) is 20.3. The van der Waals surface area contributed by atoms with Gasteiger partial charge in [-0.2, -0.15) is 0 Å². The number of hydrogen-bond donors (Lipinski definition) is 5. The highest BCUT2D eigenvalue weighted by molar-refractivity contribution is 5.91. The van der Waals surface area contributed by atoms with Crippen LogP contribution < -0.4 is 16.0 Å². The van der Waals surface area contributed by atoms with Gasteiger partial charge in [-0.25, -0.2) is 4.79 Å². The van der Waals surface area contributed by atoms with Gasteiger partial charge in [0, 0.05) is 25.4 Å². The van der Waals surface area contributed by atoms with Gasteiger partial charge in [-0.15, -0.1) is 0 Å². The Hall–Kier alpha value is -3.92. The number of carboxylic acid groups (broad SMARTS) is 1. The first-order chi connectivity index (χ1) is 18.8. The van der Waals surface area contributed by atoms with Gasteiger partial charge in [-0.05, 0) is 61.9 Å². The molecule has 208 valence electrons. The van der Waals surface area contributed by atoms with Crippen molar-refractivity contribution in [2.24, 2.45) is 0 Å². The third kappa shape index (κ3) is 7.79. The van der Waals surface area contributed by atoms with Gasteiger partial charge in [0.25, 0.3) is 0 Å². The monoisotopic (exact) mass is 536 g/mol. The van der Waals surface area contributed by atoms with Crippen LogP contribution in [0, 0.1) is 0 Å². The smallest absolute Gasteiger partial charge is 0.326 e. The average molecular weight is 537 g/mol. The molecule has 3 amide bonds. The van der Waals surface area contributed by atoms with E-state index < -0.39 is 30.0 Å². The molecular formula is C29H36N4O6. The number of amides is 3. The molecule has 2 aromatic carbocycles. The zero-order chi connectivity index (χ0) is 27.8. The lowest BCUT2D eigenvalue weighted by Gasteiger charge is -2.28. The second kappa shape index (κ2) is 13.2. The number of aliphatic carboxylic acids is 1. The number of carboxylic acids is 1. The Labute approximate surface area is 227 Å². The largest absolute Gasteiger partial charge is 0.508 e. The van der Waals surface area contributed by atoms with Crippen LogP contribution in [-0.2, 0) is 32.0 Å². The Bertz CT molecular complexity index is 1150. The summed E-state index contributed by atoms with van der Waals surface area (Å²) in [7, 11) is 0. The predicted octanol–water partition coefficient (Wildman–Crippen LogP) is 1.36. The molecular weight excluding hydrogens is 500 g/mol. The number of carbonyl (C=O) groups is 4. The summed E-state index contributed by atoms with van der Waals surface area (Å²) in [6.07, 6.45) is 3.28. The number of aromatic hydroxyl groups is 1. The molecule has 2 aliphatic rings. The van der Waals surface area contributed by atoms with Crippen molar-refractivity contribution < 1.29 is 29.4 Å². The van der Waals surface area contributed by atoms with Gasteiger partial charge in [-0.3, -0.25) is 14.4 Å². The van der Waals surface area contributed by atoms with Gasteiger partial charge in [0.1, 0.15) is 17.8 Å². The maximum absolute atomic E-state index is 13.4. The second-order valence-corrected chi connectivity index (χ2v) is 10.3. The molecule has 0 radical (unpaired) electrons. The van der Waals surface area contributed by atoms with Crippen LogP contribution in [0.2, 0.25) is 0 Å². The van der Waals surface area contributed by atoms with Gasteiger partial charge >= 0.3 is 5.97 Å². The Balaban J connectivity index is 1.42. The van der Waals surface area contributed by atoms with E-state index in [-0.39, 0.29) is 36.4 Å². The Morgan fingerprint density at radius 3 is 2.31 bits per heavy atom. The summed E-state index contributed by atoms with van der Waals surface area (Å²) < 4.78 is 0. The summed E-state index contributed by atoms with van der Waals surface area (Å²) in [6, 6.07) is 12.9. The van der Waals surface area contributed by atoms with Crippen LogP contribution in [0.25, 0.3) is 0 Å². The van der Waals surface area contributed by atoms with Crippen molar-refractivity contribution in [2.45, 2.75) is 69.1 Å². The van der Waals surface area contributed by atoms with Crippen LogP contribution >= 0.6 is 0 Å². The van der Waals surface area contributed by atoms with E-state index in [4.69, 9.17) is 0 Å². The molecule has 39 heavy (non-hydrogen) atoms. The molecule has 2 aromatic rings. The minimum absolute atomic E-state index is 0.0470. The summed E-state index contributed by atoms with van der Waals surface area (Å²) in [5.74, 6) is -1.97. The molecule has 4 rings (SSSR count). The molecule has 2 heterocycles. The second-order valence-electron chi connectivity index (χ2n) is 10.3. The van der Waals surface area contributed by atoms with Crippen LogP contribution in [-0.4, -0.2) is 76.1 Å². The van der Waals surface area contributed by atoms with Gasteiger partial charge in [-0.1, -0.05) is 42.5 Å². The highest BCUT2D eigenvalue weighted by Crippen LogP contribution is 2.21. The van der Waals surface area contributed by atoms with E-state index in [0.717, 1.165) is 31.4 Å². The van der Waals surface area contributed by atoms with Crippen molar-refractivity contribution in [2.75, 3.05) is 13.1 Å². The van der Waals surface area contributed by atoms with Crippen LogP contribution in [0.4, 0.5) is 0 Å². The predicted molar refractivity (Wildman–Crippen MR) is 144 cm³/mol. The number of phenolic OH excluding ortho intramolecular Hbond substituents is 1. The minimum Gasteiger partial charge on any atom is -0.508 e. The highest BCUT2D eigenvalue weighted by atomic mass is 16.4. The lowest BCUT2D eigenvalue weighted by Crippen LogP contribution is -2.53. The summed E-state index contributed by atoms with van der Waals surface area (Å²) in [4.78, 5) is 52.9. The van der Waals surface area contributed by atoms with Crippen molar-refractivity contribution in [1.82, 2.24) is 20.9 Å². The van der Waals surface area contributed by atoms with Gasteiger partial charge in [0.2, 0.25) is 17.7 Å². The molecule has 10 heteroatoms. The fourth-order valence-electron chi connectivity index (χ4n) is 5.31. The van der Waals surface area contributed by atoms with Crippen molar-refractivity contribution in [3.63, 3.8) is 0 Å². The van der Waals surface area contributed by atoms with Crippen LogP contribution in [0.5, 0.6) is 5.75 Å². The van der Waals surface area contributed by atoms with Crippen LogP contribution in [0.15, 0.2) is 54.6 Å². The molecule has 10 nitrogen and oxygen atoms in total. The number of carbonyl (C=O) groups excluding carboxylic acids is 3. The number of nitrogens with one attached hydrogen (secondary N) is 3. The van der Waals surface area contributed by atoms with Crippen molar-refractivity contribution in [3.8, 4) is 5.75 Å². The molecule has 4 atom stereocenters. The maximum Gasteiger partial charge on any atom is 0.326 e. The number of likely N-dealkylation sites (tertiary alicyclic amines) is 1. The topological polar surface area (TPSA) is 148 Å². The van der Waals surface area contributed by atoms with Gasteiger partial charge < -0.3 is 31.1 Å². The molecule has 5 N–H and O–H groups in total. The summed E-state index contributed by atoms with van der Waals surface area (Å²) in [5, 5.41) is 27.9. The first kappa shape index (κ1) is 28.1. The number of hydrogen-bond acceptors (Lipinski definition) is 6. The van der Waals surface area contributed by atoms with Crippen molar-refractivity contribution in [1.29, 1.82) is 0 Å². The van der Waals surface area contributed by atoms with E-state index in [0.29, 0.717) is 24.9 Å². The molecule has 2 aliphatic heterocycles. The lowest BCUT2D eigenvalue weighted by atomic mass is 10.0. The molecule has 0 saturated carbocycles. The fourth-order valence-corrected chi connectivity index (χ4v) is 5.31. The number of benzene rings is 2. The van der Waals surface area contributed by atoms with E-state index in [9.17, 15) is 29.4 Å². The van der Waals surface area contributed by atoms with E-state index in [2.05, 4.69) is 16.0 Å². The number of phenols is 1. The summed E-state index contributed by atoms with van der Waals surface area (Å²) in [5.41, 5.74) is 1.57. The number of nitrogens with zero attached hydrogens (tertiary/aromatic N) is 1. The van der Waals surface area contributed by atoms with Crippen LogP contribution in [0.3, 0.4) is 0 Å². The van der Waals surface area contributed by atoms with Crippen molar-refractivity contribution in [3.05, 3.63) is 65.7 Å². The third-order valence-corrected chi connectivity index (χ3v) is 7.31. The van der Waals surface area contributed by atoms with E-state index in [1.807, 2.05) is 30.3 Å². The first-order valence-corrected chi connectivity index (χ1v) is 13.5. The standard InChI is InChI=1S/C29H36N4O6/c34-22-12-10-20(11-13-22)17-24(29(38)39)32-26(35)18-21(16-19-6-2-1-3-7-19)31-27(36)25-9-5-15-33(25)28(37)23-8-4-14-30-23/h1-3,6-7,10-13,21,23-25,30,34H,4-5,8-9,14-18H2,(H,31,36)(H,32,35)(H,38,39). The molecule has 4 unspecified atom stereocenters. The van der Waals surface area contributed by atoms with Crippen LogP contribution in [0.1, 0.15) is 43.2 Å². The Morgan fingerprint density at radius 2 is 1.64 bits per heavy atom. The molecule has 0 bridgehead atoms. The zero-order valence-corrected chi connectivity index (χ0v) is 21.8. The average Bonchev–Trinajstić information content (AvgIpc) is 3.62. The SMILES string of the molecule is O=C(CC(Cc1ccccc1)NC(=O)C1CCCN1C(=O)C1CCCN1)NC(Cc1ccc(O)cc1)C(=O)O. The first-order valence-electron chi connectivity index (χ1n) is 13.5. The molecule has 2 fully saturated rings. The minimum atomic E-state index is -1.18. The van der Waals surface area contributed by atoms with Gasteiger partial charge in [0.15, 0.2) is 0 Å². The zero-order valence-electron chi connectivity index (χ0n) is 21.8. The molecule has 0 aliphatic carbocycles. The Kier molecular flexibility index (Phi) is 9.54. The number of rotatable bonds is 11. The molecule has 2 saturated heterocycles. The maximum atomic E-state index is 13.4. The van der Waals surface area contributed by atoms with E-state index in [1.165, 1.54) is 12.1 Å². The van der Waals surface area contributed by atoms with Crippen molar-refractivity contribution >= 4 is 23.7 Å². The highest BCUT2D eigenvalue weighted by Gasteiger charge is 2.38. The summed E-state index contributed by atoms with van der Waals surface area (Å²) in [6.45, 7) is 1.32.